The van der Waals surface area contributed by atoms with Crippen molar-refractivity contribution in [3.63, 3.8) is 0 Å². The summed E-state index contributed by atoms with van der Waals surface area (Å²) in [4.78, 5) is 18.2. The molecule has 4 N–H and O–H groups in total. The zero-order valence-corrected chi connectivity index (χ0v) is 14.0. The van der Waals surface area contributed by atoms with Gasteiger partial charge in [-0.05, 0) is 36.6 Å². The molecule has 1 aromatic heterocycles. The van der Waals surface area contributed by atoms with Crippen molar-refractivity contribution in [1.29, 1.82) is 0 Å². The predicted molar refractivity (Wildman–Crippen MR) is 94.2 cm³/mol. The molecule has 0 amide bonds. The number of carboxylic acid groups (broad SMARTS) is 2. The van der Waals surface area contributed by atoms with Gasteiger partial charge in [0.05, 0.1) is 6.26 Å². The van der Waals surface area contributed by atoms with Crippen LogP contribution in [0.4, 0.5) is 4.39 Å². The Morgan fingerprint density at radius 2 is 1.77 bits per heavy atom. The first-order valence-corrected chi connectivity index (χ1v) is 7.76. The summed E-state index contributed by atoms with van der Waals surface area (Å²) in [6, 6.07) is 12.8. The van der Waals surface area contributed by atoms with E-state index in [4.69, 9.17) is 30.0 Å². The second-order valence-corrected chi connectivity index (χ2v) is 5.75. The first-order chi connectivity index (χ1) is 12.3. The van der Waals surface area contributed by atoms with Crippen LogP contribution >= 0.6 is 0 Å². The highest BCUT2D eigenvalue weighted by Crippen LogP contribution is 2.33. The second-order valence-electron chi connectivity index (χ2n) is 5.75. The van der Waals surface area contributed by atoms with E-state index in [-0.39, 0.29) is 11.9 Å². The number of furan rings is 1. The Labute approximate surface area is 148 Å². The molecule has 3 rings (SSSR count). The lowest BCUT2D eigenvalue weighted by atomic mass is 10.0. The Balaban J connectivity index is 0.000000352. The van der Waals surface area contributed by atoms with Gasteiger partial charge in [0.1, 0.15) is 11.4 Å². The van der Waals surface area contributed by atoms with E-state index in [1.54, 1.807) is 6.26 Å². The van der Waals surface area contributed by atoms with Gasteiger partial charge in [0.15, 0.2) is 0 Å². The highest BCUT2D eigenvalue weighted by Gasteiger charge is 2.14. The summed E-state index contributed by atoms with van der Waals surface area (Å²) in [5.41, 5.74) is 9.29. The number of aliphatic carboxylic acids is 2. The molecule has 2 aromatic carbocycles. The number of fused-ring (bicyclic) bond motifs is 1. The van der Waals surface area contributed by atoms with Crippen molar-refractivity contribution in [2.75, 3.05) is 0 Å². The first kappa shape index (κ1) is 19.1. The molecule has 1 unspecified atom stereocenters. The third kappa shape index (κ3) is 4.67. The number of rotatable bonds is 3. The fourth-order valence-corrected chi connectivity index (χ4v) is 2.51. The van der Waals surface area contributed by atoms with Crippen molar-refractivity contribution < 1.29 is 28.6 Å². The number of hydrogen-bond acceptors (Lipinski definition) is 4. The van der Waals surface area contributed by atoms with Crippen LogP contribution in [0.3, 0.4) is 0 Å². The first-order valence-electron chi connectivity index (χ1n) is 7.76. The molecule has 6 nitrogen and oxygen atoms in total. The number of hydrogen-bond donors (Lipinski definition) is 3. The maximum atomic E-state index is 13.8. The van der Waals surface area contributed by atoms with E-state index in [0.717, 1.165) is 27.7 Å². The Bertz CT molecular complexity index is 906. The second kappa shape index (κ2) is 8.26. The lowest BCUT2D eigenvalue weighted by Crippen LogP contribution is -2.17. The zero-order chi connectivity index (χ0) is 19.3. The monoisotopic (exact) mass is 359 g/mol. The maximum Gasteiger partial charge on any atom is 0.414 e. The van der Waals surface area contributed by atoms with Crippen molar-refractivity contribution >= 4 is 22.9 Å². The SMILES string of the molecule is CC(N)Cc1cc(F)cc2c(-c3ccccc3)coc12.O=C(O)C(=O)O. The van der Waals surface area contributed by atoms with Gasteiger partial charge in [-0.25, -0.2) is 14.0 Å². The van der Waals surface area contributed by atoms with Crippen LogP contribution in [0.1, 0.15) is 12.5 Å². The van der Waals surface area contributed by atoms with Gasteiger partial charge in [-0.3, -0.25) is 0 Å². The fraction of sp³-hybridized carbons (Fsp3) is 0.158. The van der Waals surface area contributed by atoms with E-state index in [1.807, 2.05) is 37.3 Å². The lowest BCUT2D eigenvalue weighted by Gasteiger charge is -2.06. The van der Waals surface area contributed by atoms with Gasteiger partial charge in [-0.1, -0.05) is 30.3 Å². The predicted octanol–water partition coefficient (Wildman–Crippen LogP) is 3.28. The van der Waals surface area contributed by atoms with Crippen LogP contribution in [0.15, 0.2) is 53.1 Å². The normalized spacial score (nSPS) is 11.5. The Hall–Kier alpha value is -3.19. The molecule has 0 bridgehead atoms. The Kier molecular flexibility index (Phi) is 6.08. The molecule has 3 aromatic rings. The van der Waals surface area contributed by atoms with E-state index in [9.17, 15) is 4.39 Å². The van der Waals surface area contributed by atoms with E-state index in [2.05, 4.69) is 0 Å². The summed E-state index contributed by atoms with van der Waals surface area (Å²) < 4.78 is 19.5. The van der Waals surface area contributed by atoms with Crippen molar-refractivity contribution in [2.45, 2.75) is 19.4 Å². The average Bonchev–Trinajstić information content (AvgIpc) is 2.99. The highest BCUT2D eigenvalue weighted by atomic mass is 19.1. The van der Waals surface area contributed by atoms with Crippen LogP contribution in [0, 0.1) is 5.82 Å². The number of halogens is 1. The minimum absolute atomic E-state index is 0.0368. The van der Waals surface area contributed by atoms with Crippen molar-refractivity contribution in [2.24, 2.45) is 5.73 Å². The smallest absolute Gasteiger partial charge is 0.414 e. The van der Waals surface area contributed by atoms with Crippen molar-refractivity contribution in [3.05, 3.63) is 60.1 Å². The zero-order valence-electron chi connectivity index (χ0n) is 14.0. The number of nitrogens with two attached hydrogens (primary N) is 1. The van der Waals surface area contributed by atoms with Crippen LogP contribution < -0.4 is 5.73 Å². The molecule has 136 valence electrons. The molecule has 1 atom stereocenters. The summed E-state index contributed by atoms with van der Waals surface area (Å²) >= 11 is 0. The van der Waals surface area contributed by atoms with E-state index >= 15 is 0 Å². The molecule has 0 aliphatic heterocycles. The molecule has 0 spiro atoms. The fourth-order valence-electron chi connectivity index (χ4n) is 2.51. The largest absolute Gasteiger partial charge is 0.473 e. The van der Waals surface area contributed by atoms with Crippen LogP contribution in [0.2, 0.25) is 0 Å². The van der Waals surface area contributed by atoms with Gasteiger partial charge >= 0.3 is 11.9 Å². The van der Waals surface area contributed by atoms with Crippen LogP contribution in [-0.2, 0) is 16.0 Å². The average molecular weight is 359 g/mol. The number of benzene rings is 2. The summed E-state index contributed by atoms with van der Waals surface area (Å²) in [7, 11) is 0. The lowest BCUT2D eigenvalue weighted by molar-refractivity contribution is -0.159. The molecule has 0 saturated carbocycles. The summed E-state index contributed by atoms with van der Waals surface area (Å²) in [5, 5.41) is 15.6. The Morgan fingerprint density at radius 1 is 1.15 bits per heavy atom. The molecular formula is C19H18FNO5. The molecule has 0 radical (unpaired) electrons. The van der Waals surface area contributed by atoms with E-state index < -0.39 is 11.9 Å². The standard InChI is InChI=1S/C17H16FNO.C2H2O4/c1-11(19)7-13-8-14(18)9-15-16(10-20-17(13)15)12-5-3-2-4-6-12;3-1(4)2(5)6/h2-6,8-11H,7,19H2,1H3;(H,3,4)(H,5,6). The molecule has 26 heavy (non-hydrogen) atoms. The van der Waals surface area contributed by atoms with Gasteiger partial charge in [0.2, 0.25) is 0 Å². The van der Waals surface area contributed by atoms with Gasteiger partial charge in [-0.15, -0.1) is 0 Å². The minimum atomic E-state index is -1.82. The minimum Gasteiger partial charge on any atom is -0.473 e. The molecule has 0 aliphatic rings. The summed E-state index contributed by atoms with van der Waals surface area (Å²) in [6.07, 6.45) is 2.28. The van der Waals surface area contributed by atoms with Gasteiger partial charge in [0, 0.05) is 17.0 Å². The van der Waals surface area contributed by atoms with Crippen LogP contribution in [-0.4, -0.2) is 28.2 Å². The molecule has 0 fully saturated rings. The molecule has 7 heteroatoms. The molecule has 0 aliphatic carbocycles. The molecular weight excluding hydrogens is 341 g/mol. The van der Waals surface area contributed by atoms with Crippen molar-refractivity contribution in [1.82, 2.24) is 0 Å². The number of carbonyl (C=O) groups is 2. The Morgan fingerprint density at radius 3 is 2.31 bits per heavy atom. The quantitative estimate of drug-likeness (QED) is 0.618. The van der Waals surface area contributed by atoms with E-state index in [0.29, 0.717) is 6.42 Å². The summed E-state index contributed by atoms with van der Waals surface area (Å²) in [5.74, 6) is -3.91. The highest BCUT2D eigenvalue weighted by molar-refractivity contribution is 6.27. The topological polar surface area (TPSA) is 114 Å². The van der Waals surface area contributed by atoms with Gasteiger partial charge in [0.25, 0.3) is 0 Å². The van der Waals surface area contributed by atoms with Gasteiger partial charge < -0.3 is 20.4 Å². The van der Waals surface area contributed by atoms with E-state index in [1.165, 1.54) is 12.1 Å². The molecule has 1 heterocycles. The van der Waals surface area contributed by atoms with Gasteiger partial charge in [-0.2, -0.15) is 0 Å². The summed E-state index contributed by atoms with van der Waals surface area (Å²) in [6.45, 7) is 1.90. The molecule has 0 saturated heterocycles. The third-order valence-electron chi connectivity index (χ3n) is 3.53. The maximum absolute atomic E-state index is 13.8. The van der Waals surface area contributed by atoms with Crippen LogP contribution in [0.25, 0.3) is 22.1 Å². The van der Waals surface area contributed by atoms with Crippen LogP contribution in [0.5, 0.6) is 0 Å². The third-order valence-corrected chi connectivity index (χ3v) is 3.53. The van der Waals surface area contributed by atoms with Crippen molar-refractivity contribution in [3.8, 4) is 11.1 Å². The number of carboxylic acids is 2.